The van der Waals surface area contributed by atoms with E-state index in [1.807, 2.05) is 32.0 Å². The molecule has 0 aliphatic carbocycles. The first-order valence-electron chi connectivity index (χ1n) is 7.86. The van der Waals surface area contributed by atoms with Gasteiger partial charge in [-0.15, -0.1) is 11.3 Å². The zero-order valence-electron chi connectivity index (χ0n) is 13.9. The van der Waals surface area contributed by atoms with Gasteiger partial charge < -0.3 is 5.32 Å². The van der Waals surface area contributed by atoms with E-state index in [0.29, 0.717) is 22.8 Å². The van der Waals surface area contributed by atoms with Crippen molar-refractivity contribution < 1.29 is 4.79 Å². The second-order valence-electron chi connectivity index (χ2n) is 5.56. The Kier molecular flexibility index (Phi) is 5.15. The highest BCUT2D eigenvalue weighted by molar-refractivity contribution is 7.18. The molecule has 0 unspecified atom stereocenters. The molecule has 0 radical (unpaired) electrons. The van der Waals surface area contributed by atoms with Crippen molar-refractivity contribution in [1.82, 2.24) is 20.1 Å². The number of carbonyl (C=O) groups is 1. The van der Waals surface area contributed by atoms with E-state index in [0.717, 1.165) is 21.7 Å². The van der Waals surface area contributed by atoms with Gasteiger partial charge in [0, 0.05) is 11.6 Å². The van der Waals surface area contributed by atoms with Gasteiger partial charge in [-0.3, -0.25) is 9.59 Å². The number of amides is 1. The predicted molar refractivity (Wildman–Crippen MR) is 99.1 cm³/mol. The fourth-order valence-electron chi connectivity index (χ4n) is 2.43. The van der Waals surface area contributed by atoms with E-state index >= 15 is 0 Å². The van der Waals surface area contributed by atoms with Crippen LogP contribution in [0, 0.1) is 6.92 Å². The summed E-state index contributed by atoms with van der Waals surface area (Å²) in [6.45, 7) is 3.95. The van der Waals surface area contributed by atoms with E-state index in [1.54, 1.807) is 6.07 Å². The maximum absolute atomic E-state index is 12.5. The summed E-state index contributed by atoms with van der Waals surface area (Å²) >= 11 is 7.54. The van der Waals surface area contributed by atoms with Gasteiger partial charge in [-0.25, -0.2) is 9.67 Å². The fourth-order valence-corrected chi connectivity index (χ4v) is 3.57. The van der Waals surface area contributed by atoms with E-state index in [2.05, 4.69) is 15.4 Å². The van der Waals surface area contributed by atoms with Crippen molar-refractivity contribution in [3.8, 4) is 0 Å². The van der Waals surface area contributed by atoms with Gasteiger partial charge in [0.1, 0.15) is 6.54 Å². The van der Waals surface area contributed by atoms with Crippen LogP contribution in [0.5, 0.6) is 0 Å². The van der Waals surface area contributed by atoms with Gasteiger partial charge in [0.2, 0.25) is 5.91 Å². The molecule has 2 aromatic heterocycles. The second-order valence-corrected chi connectivity index (χ2v) is 7.05. The zero-order valence-corrected chi connectivity index (χ0v) is 15.4. The van der Waals surface area contributed by atoms with Crippen LogP contribution in [0.1, 0.15) is 23.2 Å². The van der Waals surface area contributed by atoms with Crippen LogP contribution in [0.2, 0.25) is 5.02 Å². The summed E-state index contributed by atoms with van der Waals surface area (Å²) < 4.78 is 1.95. The van der Waals surface area contributed by atoms with Crippen molar-refractivity contribution in [2.45, 2.75) is 33.4 Å². The van der Waals surface area contributed by atoms with Crippen LogP contribution in [0.15, 0.2) is 29.1 Å². The first-order chi connectivity index (χ1) is 12.0. The maximum atomic E-state index is 12.5. The van der Waals surface area contributed by atoms with Crippen LogP contribution < -0.4 is 10.9 Å². The SMILES string of the molecule is CCc1nc2c(=O)n(CC(=O)NCc3ccccc3Cl)nc(C)c2s1. The molecule has 0 bridgehead atoms. The molecule has 0 atom stereocenters. The second kappa shape index (κ2) is 7.33. The number of rotatable bonds is 5. The quantitative estimate of drug-likeness (QED) is 0.742. The first-order valence-corrected chi connectivity index (χ1v) is 9.06. The van der Waals surface area contributed by atoms with Gasteiger partial charge in [0.25, 0.3) is 5.56 Å². The first kappa shape index (κ1) is 17.6. The number of nitrogens with one attached hydrogen (secondary N) is 1. The Balaban J connectivity index is 1.78. The summed E-state index contributed by atoms with van der Waals surface area (Å²) in [6.07, 6.45) is 0.760. The van der Waals surface area contributed by atoms with Crippen LogP contribution in [0.3, 0.4) is 0 Å². The molecule has 3 aromatic rings. The van der Waals surface area contributed by atoms with Crippen molar-refractivity contribution in [2.24, 2.45) is 0 Å². The Morgan fingerprint density at radius 1 is 1.36 bits per heavy atom. The van der Waals surface area contributed by atoms with E-state index in [9.17, 15) is 9.59 Å². The number of thiazole rings is 1. The molecule has 1 amide bonds. The molecule has 3 rings (SSSR count). The number of benzene rings is 1. The topological polar surface area (TPSA) is 76.9 Å². The highest BCUT2D eigenvalue weighted by Crippen LogP contribution is 2.21. The van der Waals surface area contributed by atoms with E-state index < -0.39 is 0 Å². The smallest absolute Gasteiger partial charge is 0.294 e. The third-order valence-electron chi connectivity index (χ3n) is 3.74. The van der Waals surface area contributed by atoms with Gasteiger partial charge in [-0.05, 0) is 25.0 Å². The molecule has 1 N–H and O–H groups in total. The minimum absolute atomic E-state index is 0.154. The van der Waals surface area contributed by atoms with E-state index in [1.165, 1.54) is 16.0 Å². The Bertz CT molecular complexity index is 996. The highest BCUT2D eigenvalue weighted by atomic mass is 35.5. The molecule has 2 heterocycles. The molecular formula is C17H17ClN4O2S. The fraction of sp³-hybridized carbons (Fsp3) is 0.294. The molecule has 1 aromatic carbocycles. The van der Waals surface area contributed by atoms with Gasteiger partial charge in [0.05, 0.1) is 15.4 Å². The number of halogens is 1. The van der Waals surface area contributed by atoms with Crippen LogP contribution in [-0.2, 0) is 24.3 Å². The molecular weight excluding hydrogens is 360 g/mol. The molecule has 0 fully saturated rings. The molecule has 0 spiro atoms. The number of fused-ring (bicyclic) bond motifs is 1. The minimum Gasteiger partial charge on any atom is -0.350 e. The molecule has 0 aliphatic heterocycles. The van der Waals surface area contributed by atoms with Crippen molar-refractivity contribution in [3.05, 3.63) is 55.9 Å². The molecule has 0 saturated carbocycles. The summed E-state index contributed by atoms with van der Waals surface area (Å²) in [5, 5.41) is 8.48. The number of aromatic nitrogens is 3. The normalized spacial score (nSPS) is 11.0. The summed E-state index contributed by atoms with van der Waals surface area (Å²) in [4.78, 5) is 29.1. The van der Waals surface area contributed by atoms with E-state index in [4.69, 9.17) is 11.6 Å². The lowest BCUT2D eigenvalue weighted by molar-refractivity contribution is -0.122. The number of nitrogens with zero attached hydrogens (tertiary/aromatic N) is 3. The van der Waals surface area contributed by atoms with Crippen molar-refractivity contribution in [3.63, 3.8) is 0 Å². The average molecular weight is 377 g/mol. The standard InChI is InChI=1S/C17H17ClN4O2S/c1-3-14-20-15-16(25-14)10(2)21-22(17(15)24)9-13(23)19-8-11-6-4-5-7-12(11)18/h4-7H,3,8-9H2,1-2H3,(H,19,23). The summed E-state index contributed by atoms with van der Waals surface area (Å²) in [5.41, 5.74) is 1.56. The van der Waals surface area contributed by atoms with Gasteiger partial charge in [0.15, 0.2) is 5.52 Å². The minimum atomic E-state index is -0.343. The number of carbonyl (C=O) groups excluding carboxylic acids is 1. The predicted octanol–water partition coefficient (Wildman–Crippen LogP) is 2.69. The van der Waals surface area contributed by atoms with Crippen molar-refractivity contribution in [2.75, 3.05) is 0 Å². The third kappa shape index (κ3) is 3.72. The van der Waals surface area contributed by atoms with E-state index in [-0.39, 0.29) is 18.0 Å². The molecule has 6 nitrogen and oxygen atoms in total. The molecule has 0 saturated heterocycles. The Morgan fingerprint density at radius 3 is 2.84 bits per heavy atom. The lowest BCUT2D eigenvalue weighted by Gasteiger charge is -2.08. The number of aryl methyl sites for hydroxylation is 2. The molecule has 0 aliphatic rings. The summed E-state index contributed by atoms with van der Waals surface area (Å²) in [5.74, 6) is -0.306. The molecule has 25 heavy (non-hydrogen) atoms. The lowest BCUT2D eigenvalue weighted by atomic mass is 10.2. The van der Waals surface area contributed by atoms with Crippen LogP contribution in [-0.4, -0.2) is 20.7 Å². The van der Waals surface area contributed by atoms with Crippen molar-refractivity contribution >= 4 is 39.1 Å². The van der Waals surface area contributed by atoms with Crippen LogP contribution >= 0.6 is 22.9 Å². The largest absolute Gasteiger partial charge is 0.350 e. The van der Waals surface area contributed by atoms with Crippen LogP contribution in [0.4, 0.5) is 0 Å². The van der Waals surface area contributed by atoms with Gasteiger partial charge >= 0.3 is 0 Å². The van der Waals surface area contributed by atoms with Crippen molar-refractivity contribution in [1.29, 1.82) is 0 Å². The molecule has 130 valence electrons. The van der Waals surface area contributed by atoms with Gasteiger partial charge in [-0.1, -0.05) is 36.7 Å². The van der Waals surface area contributed by atoms with Gasteiger partial charge in [-0.2, -0.15) is 5.10 Å². The molecule has 8 heteroatoms. The summed E-state index contributed by atoms with van der Waals surface area (Å²) in [6, 6.07) is 7.28. The van der Waals surface area contributed by atoms with Crippen LogP contribution in [0.25, 0.3) is 10.2 Å². The number of hydrogen-bond donors (Lipinski definition) is 1. The summed E-state index contributed by atoms with van der Waals surface area (Å²) in [7, 11) is 0. The highest BCUT2D eigenvalue weighted by Gasteiger charge is 2.15. The monoisotopic (exact) mass is 376 g/mol. The Labute approximate surface area is 153 Å². The Morgan fingerprint density at radius 2 is 2.12 bits per heavy atom. The maximum Gasteiger partial charge on any atom is 0.294 e. The lowest BCUT2D eigenvalue weighted by Crippen LogP contribution is -2.33. The number of hydrogen-bond acceptors (Lipinski definition) is 5. The third-order valence-corrected chi connectivity index (χ3v) is 5.41. The average Bonchev–Trinajstić information content (AvgIpc) is 3.04. The zero-order chi connectivity index (χ0) is 18.0. The Hall–Kier alpha value is -2.25.